The summed E-state index contributed by atoms with van der Waals surface area (Å²) in [5, 5.41) is 0.119. The third-order valence-electron chi connectivity index (χ3n) is 2.89. The molecule has 106 valence electrons. The van der Waals surface area contributed by atoms with Gasteiger partial charge >= 0.3 is 0 Å². The van der Waals surface area contributed by atoms with Crippen LogP contribution in [0.5, 0.6) is 0 Å². The number of hydrogen-bond donors (Lipinski definition) is 0. The molecule has 0 aliphatic carbocycles. The Morgan fingerprint density at radius 3 is 2.71 bits per heavy atom. The molecule has 1 aliphatic rings. The number of thioether (sulfide) groups is 1. The first kappa shape index (κ1) is 14.0. The van der Waals surface area contributed by atoms with Crippen molar-refractivity contribution in [2.75, 3.05) is 4.90 Å². The molecule has 1 fully saturated rings. The van der Waals surface area contributed by atoms with Gasteiger partial charge in [0.2, 0.25) is 0 Å². The van der Waals surface area contributed by atoms with Gasteiger partial charge in [0.1, 0.15) is 11.5 Å². The fourth-order valence-corrected chi connectivity index (χ4v) is 2.97. The van der Waals surface area contributed by atoms with E-state index >= 15 is 0 Å². The molecule has 0 saturated carbocycles. The van der Waals surface area contributed by atoms with Crippen LogP contribution in [0.25, 0.3) is 6.08 Å². The summed E-state index contributed by atoms with van der Waals surface area (Å²) in [6.07, 6.45) is 1.57. The average Bonchev–Trinajstić information content (AvgIpc) is 2.94. The van der Waals surface area contributed by atoms with Crippen molar-refractivity contribution in [1.82, 2.24) is 0 Å². The molecular formula is C15H10ClNO3S. The number of hydrogen-bond acceptors (Lipinski definition) is 4. The van der Waals surface area contributed by atoms with Crippen LogP contribution in [-0.2, 0) is 4.79 Å². The Bertz CT molecular complexity index is 766. The summed E-state index contributed by atoms with van der Waals surface area (Å²) in [7, 11) is 0. The van der Waals surface area contributed by atoms with Gasteiger partial charge in [0, 0.05) is 11.1 Å². The van der Waals surface area contributed by atoms with E-state index in [4.69, 9.17) is 16.0 Å². The van der Waals surface area contributed by atoms with Crippen molar-refractivity contribution in [3.8, 4) is 0 Å². The monoisotopic (exact) mass is 319 g/mol. The minimum atomic E-state index is -0.374. The summed E-state index contributed by atoms with van der Waals surface area (Å²) in [6, 6.07) is 10.2. The van der Waals surface area contributed by atoms with Crippen molar-refractivity contribution in [3.63, 3.8) is 0 Å². The van der Waals surface area contributed by atoms with Crippen LogP contribution in [0.2, 0.25) is 5.02 Å². The number of imide groups is 1. The first-order valence-corrected chi connectivity index (χ1v) is 7.34. The van der Waals surface area contributed by atoms with Crippen LogP contribution in [0.15, 0.2) is 45.7 Å². The molecule has 1 aromatic heterocycles. The molecule has 1 saturated heterocycles. The second-order valence-electron chi connectivity index (χ2n) is 4.45. The van der Waals surface area contributed by atoms with Crippen LogP contribution in [0.3, 0.4) is 0 Å². The Morgan fingerprint density at radius 2 is 2.05 bits per heavy atom. The quantitative estimate of drug-likeness (QED) is 0.766. The van der Waals surface area contributed by atoms with E-state index in [0.717, 1.165) is 22.4 Å². The number of halogens is 1. The van der Waals surface area contributed by atoms with Gasteiger partial charge in [-0.25, -0.2) is 4.90 Å². The van der Waals surface area contributed by atoms with E-state index in [1.54, 1.807) is 42.5 Å². The largest absolute Gasteiger partial charge is 0.462 e. The molecule has 0 unspecified atom stereocenters. The van der Waals surface area contributed by atoms with Crippen LogP contribution in [0, 0.1) is 6.92 Å². The Balaban J connectivity index is 1.94. The summed E-state index contributed by atoms with van der Waals surface area (Å²) in [5.41, 5.74) is 0.462. The second kappa shape index (κ2) is 5.42. The summed E-state index contributed by atoms with van der Waals surface area (Å²) in [4.78, 5) is 25.9. The highest BCUT2D eigenvalue weighted by atomic mass is 35.5. The summed E-state index contributed by atoms with van der Waals surface area (Å²) < 4.78 is 5.40. The molecule has 0 N–H and O–H groups in total. The summed E-state index contributed by atoms with van der Waals surface area (Å²) in [6.45, 7) is 1.81. The molecular weight excluding hydrogens is 310 g/mol. The molecule has 4 nitrogen and oxygen atoms in total. The Hall–Kier alpha value is -1.98. The van der Waals surface area contributed by atoms with Gasteiger partial charge in [0.25, 0.3) is 11.1 Å². The third kappa shape index (κ3) is 2.75. The molecule has 21 heavy (non-hydrogen) atoms. The molecule has 2 aromatic rings. The van der Waals surface area contributed by atoms with Gasteiger partial charge < -0.3 is 4.42 Å². The molecule has 0 bridgehead atoms. The van der Waals surface area contributed by atoms with E-state index in [2.05, 4.69) is 0 Å². The lowest BCUT2D eigenvalue weighted by Gasteiger charge is -2.12. The van der Waals surface area contributed by atoms with Crippen molar-refractivity contribution in [2.24, 2.45) is 0 Å². The average molecular weight is 320 g/mol. The van der Waals surface area contributed by atoms with Crippen LogP contribution < -0.4 is 4.90 Å². The highest BCUT2D eigenvalue weighted by Gasteiger charge is 2.36. The van der Waals surface area contributed by atoms with E-state index in [1.165, 1.54) is 0 Å². The minimum absolute atomic E-state index is 0.328. The van der Waals surface area contributed by atoms with Crippen molar-refractivity contribution >= 4 is 46.3 Å². The van der Waals surface area contributed by atoms with Gasteiger partial charge in [-0.1, -0.05) is 17.7 Å². The number of anilines is 1. The lowest BCUT2D eigenvalue weighted by Crippen LogP contribution is -2.27. The first-order chi connectivity index (χ1) is 10.0. The zero-order valence-corrected chi connectivity index (χ0v) is 12.6. The van der Waals surface area contributed by atoms with Crippen LogP contribution in [0.1, 0.15) is 11.5 Å². The van der Waals surface area contributed by atoms with Crippen LogP contribution in [0.4, 0.5) is 10.5 Å². The normalized spacial score (nSPS) is 17.0. The number of benzene rings is 1. The van der Waals surface area contributed by atoms with E-state index in [9.17, 15) is 9.59 Å². The molecule has 0 spiro atoms. The number of aryl methyl sites for hydroxylation is 1. The predicted molar refractivity (Wildman–Crippen MR) is 83.3 cm³/mol. The predicted octanol–water partition coefficient (Wildman–Crippen LogP) is 4.48. The smallest absolute Gasteiger partial charge is 0.298 e. The van der Waals surface area contributed by atoms with Crippen molar-refractivity contribution in [3.05, 3.63) is 57.8 Å². The van der Waals surface area contributed by atoms with E-state index < -0.39 is 0 Å². The summed E-state index contributed by atoms with van der Waals surface area (Å²) >= 11 is 6.78. The number of carbonyl (C=O) groups is 2. The zero-order valence-electron chi connectivity index (χ0n) is 11.0. The molecule has 6 heteroatoms. The Kier molecular flexibility index (Phi) is 3.61. The van der Waals surface area contributed by atoms with Crippen molar-refractivity contribution in [1.29, 1.82) is 0 Å². The van der Waals surface area contributed by atoms with Gasteiger partial charge in [-0.05, 0) is 49.0 Å². The third-order valence-corrected chi connectivity index (χ3v) is 4.00. The topological polar surface area (TPSA) is 50.5 Å². The van der Waals surface area contributed by atoms with E-state index in [-0.39, 0.29) is 11.1 Å². The lowest BCUT2D eigenvalue weighted by molar-refractivity contribution is -0.113. The van der Waals surface area contributed by atoms with Gasteiger partial charge in [-0.15, -0.1) is 0 Å². The SMILES string of the molecule is Cc1ccc(/C=C2/SC(=O)N(c3cccc(Cl)c3)C2=O)o1. The standard InChI is InChI=1S/C15H10ClNO3S/c1-9-5-6-12(20-9)8-13-14(18)17(15(19)21-13)11-4-2-3-10(16)7-11/h2-8H,1H3/b13-8+. The molecule has 0 atom stereocenters. The summed E-state index contributed by atoms with van der Waals surface area (Å²) in [5.74, 6) is 0.917. The van der Waals surface area contributed by atoms with E-state index in [1.807, 2.05) is 6.92 Å². The van der Waals surface area contributed by atoms with Crippen molar-refractivity contribution < 1.29 is 14.0 Å². The maximum atomic E-state index is 12.4. The van der Waals surface area contributed by atoms with Gasteiger partial charge in [-0.2, -0.15) is 0 Å². The molecule has 2 amide bonds. The fraction of sp³-hybridized carbons (Fsp3) is 0.0667. The lowest BCUT2D eigenvalue weighted by atomic mass is 10.3. The van der Waals surface area contributed by atoms with Gasteiger partial charge in [0.15, 0.2) is 0 Å². The first-order valence-electron chi connectivity index (χ1n) is 6.14. The molecule has 2 heterocycles. The number of rotatable bonds is 2. The molecule has 1 aliphatic heterocycles. The maximum absolute atomic E-state index is 12.4. The number of nitrogens with zero attached hydrogens (tertiary/aromatic N) is 1. The maximum Gasteiger partial charge on any atom is 0.298 e. The Morgan fingerprint density at radius 1 is 1.24 bits per heavy atom. The van der Waals surface area contributed by atoms with E-state index in [0.29, 0.717) is 21.4 Å². The minimum Gasteiger partial charge on any atom is -0.462 e. The molecule has 3 rings (SSSR count). The number of carbonyl (C=O) groups excluding carboxylic acids is 2. The number of furan rings is 1. The zero-order chi connectivity index (χ0) is 15.0. The fourth-order valence-electron chi connectivity index (χ4n) is 1.97. The highest BCUT2D eigenvalue weighted by Crippen LogP contribution is 2.36. The van der Waals surface area contributed by atoms with Gasteiger partial charge in [-0.3, -0.25) is 9.59 Å². The van der Waals surface area contributed by atoms with Crippen LogP contribution in [-0.4, -0.2) is 11.1 Å². The van der Waals surface area contributed by atoms with Crippen molar-refractivity contribution in [2.45, 2.75) is 6.92 Å². The molecule has 0 radical (unpaired) electrons. The second-order valence-corrected chi connectivity index (χ2v) is 5.88. The van der Waals surface area contributed by atoms with Gasteiger partial charge in [0.05, 0.1) is 10.6 Å². The highest BCUT2D eigenvalue weighted by molar-refractivity contribution is 8.19. The van der Waals surface area contributed by atoms with Crippen LogP contribution >= 0.6 is 23.4 Å². The number of amides is 2. The Labute approximate surface area is 130 Å². The molecule has 1 aromatic carbocycles.